The highest BCUT2D eigenvalue weighted by Gasteiger charge is 2.43. The molecule has 1 atom stereocenters. The normalized spacial score (nSPS) is 18.4. The van der Waals surface area contributed by atoms with Gasteiger partial charge in [0.05, 0.1) is 19.1 Å². The number of aryl methyl sites for hydroxylation is 1. The minimum Gasteiger partial charge on any atom is -0.493 e. The van der Waals surface area contributed by atoms with Gasteiger partial charge in [-0.1, -0.05) is 66.2 Å². The molecule has 8 heteroatoms. The topological polar surface area (TPSA) is 84.5 Å². The van der Waals surface area contributed by atoms with Crippen LogP contribution in [0, 0.1) is 6.92 Å². The zero-order valence-corrected chi connectivity index (χ0v) is 23.0. The van der Waals surface area contributed by atoms with Crippen LogP contribution in [0.15, 0.2) is 83.8 Å². The highest BCUT2D eigenvalue weighted by atomic mass is 32.2. The molecule has 3 aromatic carbocycles. The third-order valence-corrected chi connectivity index (χ3v) is 9.56. The Morgan fingerprint density at radius 1 is 0.923 bits per heavy atom. The summed E-state index contributed by atoms with van der Waals surface area (Å²) >= 11 is 0. The smallest absolute Gasteiger partial charge is 0.265 e. The van der Waals surface area contributed by atoms with Crippen molar-refractivity contribution in [3.8, 4) is 11.5 Å². The van der Waals surface area contributed by atoms with Gasteiger partial charge in [0.2, 0.25) is 0 Å². The molecule has 1 heterocycles. The number of nitrogens with zero attached hydrogens (tertiary/aromatic N) is 2. The lowest BCUT2D eigenvalue weighted by Gasteiger charge is -2.35. The maximum Gasteiger partial charge on any atom is 0.265 e. The number of rotatable bonds is 8. The van der Waals surface area contributed by atoms with Crippen LogP contribution >= 0.6 is 0 Å². The summed E-state index contributed by atoms with van der Waals surface area (Å²) in [6.45, 7) is 1.95. The molecule has 1 unspecified atom stereocenters. The SMILES string of the molecule is COc1ccc(C2(c3ccccc3)C=Cc3c(N(C4CC4)S(=O)(=O)c4ccc(C)cc4)n[nH]c3C2)cc1OC. The van der Waals surface area contributed by atoms with Gasteiger partial charge < -0.3 is 9.47 Å². The third kappa shape index (κ3) is 4.29. The predicted octanol–water partition coefficient (Wildman–Crippen LogP) is 5.65. The standard InChI is InChI=1S/C31H31N3O4S/c1-21-9-14-25(15-10-21)39(35,36)34(24-12-13-24)30-26-17-18-31(20-27(26)32-33-30,22-7-5-4-6-8-22)23-11-16-28(37-2)29(19-23)38-3/h4-11,14-19,24H,12-13,20H2,1-3H3,(H,32,33). The summed E-state index contributed by atoms with van der Waals surface area (Å²) in [7, 11) is -0.517. The fourth-order valence-corrected chi connectivity index (χ4v) is 7.12. The van der Waals surface area contributed by atoms with Gasteiger partial charge in [-0.3, -0.25) is 5.10 Å². The Kier molecular flexibility index (Phi) is 6.22. The van der Waals surface area contributed by atoms with Gasteiger partial charge in [-0.05, 0) is 55.2 Å². The first-order chi connectivity index (χ1) is 18.9. The molecule has 39 heavy (non-hydrogen) atoms. The first kappa shape index (κ1) is 25.2. The van der Waals surface area contributed by atoms with Crippen LogP contribution in [0.3, 0.4) is 0 Å². The van der Waals surface area contributed by atoms with E-state index >= 15 is 0 Å². The fraction of sp³-hybridized carbons (Fsp3) is 0.258. The Balaban J connectivity index is 1.46. The highest BCUT2D eigenvalue weighted by molar-refractivity contribution is 7.92. The molecule has 1 N–H and O–H groups in total. The first-order valence-corrected chi connectivity index (χ1v) is 14.5. The van der Waals surface area contributed by atoms with Gasteiger partial charge in [0.1, 0.15) is 0 Å². The Morgan fingerprint density at radius 2 is 1.64 bits per heavy atom. The van der Waals surface area contributed by atoms with E-state index in [0.29, 0.717) is 23.7 Å². The number of fused-ring (bicyclic) bond motifs is 1. The lowest BCUT2D eigenvalue weighted by atomic mass is 9.68. The van der Waals surface area contributed by atoms with Crippen LogP contribution in [-0.2, 0) is 21.9 Å². The average Bonchev–Trinajstić information content (AvgIpc) is 3.72. The monoisotopic (exact) mass is 541 g/mol. The maximum atomic E-state index is 13.8. The summed E-state index contributed by atoms with van der Waals surface area (Å²) in [5, 5.41) is 7.81. The van der Waals surface area contributed by atoms with E-state index in [4.69, 9.17) is 9.47 Å². The molecule has 0 aliphatic heterocycles. The van der Waals surface area contributed by atoms with E-state index < -0.39 is 15.4 Å². The first-order valence-electron chi connectivity index (χ1n) is 13.0. The fourth-order valence-electron chi connectivity index (χ4n) is 5.45. The average molecular weight is 542 g/mol. The van der Waals surface area contributed by atoms with Gasteiger partial charge in [-0.15, -0.1) is 0 Å². The van der Waals surface area contributed by atoms with E-state index in [1.165, 1.54) is 4.31 Å². The molecule has 200 valence electrons. The van der Waals surface area contributed by atoms with Crippen molar-refractivity contribution in [2.75, 3.05) is 18.5 Å². The van der Waals surface area contributed by atoms with Crippen LogP contribution < -0.4 is 13.8 Å². The number of sulfonamides is 1. The molecular formula is C31H31N3O4S. The molecule has 0 saturated heterocycles. The predicted molar refractivity (Wildman–Crippen MR) is 152 cm³/mol. The summed E-state index contributed by atoms with van der Waals surface area (Å²) in [5.41, 5.74) is 4.34. The lowest BCUT2D eigenvalue weighted by molar-refractivity contribution is 0.354. The Bertz CT molecular complexity index is 1640. The number of hydrogen-bond acceptors (Lipinski definition) is 5. The zero-order chi connectivity index (χ0) is 27.2. The summed E-state index contributed by atoms with van der Waals surface area (Å²) in [4.78, 5) is 0.278. The number of benzene rings is 3. The van der Waals surface area contributed by atoms with Crippen molar-refractivity contribution in [1.82, 2.24) is 10.2 Å². The second kappa shape index (κ2) is 9.61. The molecule has 2 aliphatic rings. The van der Waals surface area contributed by atoms with Crippen LogP contribution in [0.1, 0.15) is 40.8 Å². The third-order valence-electron chi connectivity index (χ3n) is 7.71. The Hall–Kier alpha value is -4.04. The van der Waals surface area contributed by atoms with E-state index in [0.717, 1.165) is 40.8 Å². The van der Waals surface area contributed by atoms with Crippen molar-refractivity contribution in [3.05, 3.63) is 107 Å². The van der Waals surface area contributed by atoms with E-state index in [9.17, 15) is 8.42 Å². The van der Waals surface area contributed by atoms with Gasteiger partial charge >= 0.3 is 0 Å². The van der Waals surface area contributed by atoms with Crippen LogP contribution in [-0.4, -0.2) is 38.9 Å². The largest absolute Gasteiger partial charge is 0.493 e. The molecule has 0 radical (unpaired) electrons. The minimum absolute atomic E-state index is 0.0937. The minimum atomic E-state index is -3.77. The van der Waals surface area contributed by atoms with Crippen molar-refractivity contribution < 1.29 is 17.9 Å². The molecule has 6 rings (SSSR count). The van der Waals surface area contributed by atoms with E-state index in [1.54, 1.807) is 26.4 Å². The summed E-state index contributed by atoms with van der Waals surface area (Å²) < 4.78 is 40.3. The molecule has 7 nitrogen and oxygen atoms in total. The van der Waals surface area contributed by atoms with Crippen molar-refractivity contribution in [3.63, 3.8) is 0 Å². The van der Waals surface area contributed by atoms with E-state index in [-0.39, 0.29) is 10.9 Å². The van der Waals surface area contributed by atoms with Crippen LogP contribution in [0.2, 0.25) is 0 Å². The number of anilines is 1. The summed E-state index contributed by atoms with van der Waals surface area (Å²) in [6.07, 6.45) is 6.39. The van der Waals surface area contributed by atoms with Gasteiger partial charge in [0.25, 0.3) is 10.0 Å². The molecule has 2 aliphatic carbocycles. The second-order valence-corrected chi connectivity index (χ2v) is 12.0. The van der Waals surface area contributed by atoms with E-state index in [2.05, 4.69) is 34.5 Å². The van der Waals surface area contributed by atoms with Gasteiger partial charge in [0, 0.05) is 29.1 Å². The van der Waals surface area contributed by atoms with Crippen LogP contribution in [0.4, 0.5) is 5.82 Å². The van der Waals surface area contributed by atoms with Crippen LogP contribution in [0.25, 0.3) is 6.08 Å². The van der Waals surface area contributed by atoms with Gasteiger partial charge in [0.15, 0.2) is 17.3 Å². The molecular weight excluding hydrogens is 510 g/mol. The molecule has 1 aromatic heterocycles. The maximum absolute atomic E-state index is 13.8. The molecule has 4 aromatic rings. The number of aromatic amines is 1. The second-order valence-electron chi connectivity index (χ2n) is 10.2. The Morgan fingerprint density at radius 3 is 2.31 bits per heavy atom. The number of H-pyrrole nitrogens is 1. The summed E-state index contributed by atoms with van der Waals surface area (Å²) in [5.74, 6) is 1.77. The number of nitrogens with one attached hydrogen (secondary N) is 1. The molecule has 0 bridgehead atoms. The number of allylic oxidation sites excluding steroid dienone is 1. The Labute approximate surface area is 229 Å². The van der Waals surface area contributed by atoms with E-state index in [1.807, 2.05) is 55.5 Å². The number of ether oxygens (including phenoxy) is 2. The number of methoxy groups -OCH3 is 2. The van der Waals surface area contributed by atoms with Crippen molar-refractivity contribution in [2.24, 2.45) is 0 Å². The van der Waals surface area contributed by atoms with Crippen LogP contribution in [0.5, 0.6) is 11.5 Å². The van der Waals surface area contributed by atoms with Gasteiger partial charge in [-0.2, -0.15) is 5.10 Å². The number of hydrogen-bond donors (Lipinski definition) is 1. The highest BCUT2D eigenvalue weighted by Crippen LogP contribution is 2.46. The molecule has 1 fully saturated rings. The number of aromatic nitrogens is 2. The van der Waals surface area contributed by atoms with Gasteiger partial charge in [-0.25, -0.2) is 12.7 Å². The molecule has 0 amide bonds. The van der Waals surface area contributed by atoms with Crippen molar-refractivity contribution >= 4 is 21.9 Å². The summed E-state index contributed by atoms with van der Waals surface area (Å²) in [6, 6.07) is 23.2. The lowest BCUT2D eigenvalue weighted by Crippen LogP contribution is -2.34. The molecule has 0 spiro atoms. The van der Waals surface area contributed by atoms with Crippen molar-refractivity contribution in [2.45, 2.75) is 42.5 Å². The quantitative estimate of drug-likeness (QED) is 0.312. The van der Waals surface area contributed by atoms with Crippen molar-refractivity contribution in [1.29, 1.82) is 0 Å². The zero-order valence-electron chi connectivity index (χ0n) is 22.2. The molecule has 1 saturated carbocycles.